The number of cyclic esters (lactones) is 1. The van der Waals surface area contributed by atoms with E-state index in [1.54, 1.807) is 12.1 Å². The molecular weight excluding hydrogens is 316 g/mol. The van der Waals surface area contributed by atoms with E-state index in [1.165, 1.54) is 18.3 Å². The van der Waals surface area contributed by atoms with E-state index in [-0.39, 0.29) is 12.3 Å². The first-order valence-corrected chi connectivity index (χ1v) is 7.02. The highest BCUT2D eigenvalue weighted by atomic mass is 35.5. The van der Waals surface area contributed by atoms with Crippen molar-refractivity contribution in [3.63, 3.8) is 0 Å². The molecule has 1 aliphatic rings. The molecule has 0 radical (unpaired) electrons. The van der Waals surface area contributed by atoms with Crippen molar-refractivity contribution in [2.45, 2.75) is 16.5 Å². The Kier molecular flexibility index (Phi) is 3.52. The van der Waals surface area contributed by atoms with Gasteiger partial charge in [-0.2, -0.15) is 0 Å². The molecule has 0 amide bonds. The second-order valence-electron chi connectivity index (χ2n) is 4.23. The maximum atomic E-state index is 11.6. The Bertz CT molecular complexity index is 749. The molecule has 2 aromatic rings. The van der Waals surface area contributed by atoms with Gasteiger partial charge in [0, 0.05) is 17.8 Å². The fourth-order valence-corrected chi connectivity index (χ4v) is 2.90. The van der Waals surface area contributed by atoms with Crippen molar-refractivity contribution in [2.24, 2.45) is 0 Å². The van der Waals surface area contributed by atoms with Gasteiger partial charge in [0.05, 0.1) is 20.4 Å². The van der Waals surface area contributed by atoms with Crippen molar-refractivity contribution in [3.05, 3.63) is 56.7 Å². The number of esters is 1. The van der Waals surface area contributed by atoms with Crippen LogP contribution in [0, 0.1) is 10.1 Å². The number of rotatable bonds is 3. The smallest absolute Gasteiger partial charge is 0.338 e. The van der Waals surface area contributed by atoms with Crippen LogP contribution in [0.15, 0.2) is 40.4 Å². The summed E-state index contributed by atoms with van der Waals surface area (Å²) < 4.78 is 4.88. The summed E-state index contributed by atoms with van der Waals surface area (Å²) >= 11 is 6.85. The van der Waals surface area contributed by atoms with E-state index in [0.29, 0.717) is 26.1 Å². The minimum absolute atomic E-state index is 0.0686. The number of nitrogens with zero attached hydrogens (tertiary/aromatic N) is 2. The van der Waals surface area contributed by atoms with Crippen LogP contribution in [0.4, 0.5) is 5.69 Å². The quantitative estimate of drug-likeness (QED) is 0.489. The molecular formula is C13H7ClN2O4S. The molecule has 0 N–H and O–H groups in total. The molecule has 0 unspecified atom stereocenters. The zero-order valence-corrected chi connectivity index (χ0v) is 12.0. The van der Waals surface area contributed by atoms with Crippen molar-refractivity contribution in [3.8, 4) is 0 Å². The molecule has 1 aliphatic heterocycles. The molecule has 0 spiro atoms. The molecule has 1 aromatic heterocycles. The van der Waals surface area contributed by atoms with Gasteiger partial charge in [0.2, 0.25) is 0 Å². The summed E-state index contributed by atoms with van der Waals surface area (Å²) in [5.74, 6) is -0.467. The summed E-state index contributed by atoms with van der Waals surface area (Å²) in [7, 11) is 0. The van der Waals surface area contributed by atoms with Crippen LogP contribution < -0.4 is 0 Å². The third-order valence-corrected chi connectivity index (χ3v) is 4.10. The first-order chi connectivity index (χ1) is 10.0. The molecule has 21 heavy (non-hydrogen) atoms. The molecule has 0 fully saturated rings. The fraction of sp³-hybridized carbons (Fsp3) is 0.0769. The van der Waals surface area contributed by atoms with Crippen molar-refractivity contribution in [2.75, 3.05) is 0 Å². The van der Waals surface area contributed by atoms with Gasteiger partial charge in [0.15, 0.2) is 0 Å². The number of carbonyl (C=O) groups excluding carboxylic acids is 1. The number of hydrogen-bond acceptors (Lipinski definition) is 6. The number of nitro benzene ring substituents is 1. The summed E-state index contributed by atoms with van der Waals surface area (Å²) in [6.07, 6.45) is 1.46. The fourth-order valence-electron chi connectivity index (χ4n) is 1.90. The number of ether oxygens (including phenoxy) is 1. The highest BCUT2D eigenvalue weighted by molar-refractivity contribution is 7.99. The van der Waals surface area contributed by atoms with Crippen LogP contribution in [0.3, 0.4) is 0 Å². The average Bonchev–Trinajstić information content (AvgIpc) is 2.81. The minimum atomic E-state index is -0.485. The summed E-state index contributed by atoms with van der Waals surface area (Å²) in [6.45, 7) is 0.0686. The van der Waals surface area contributed by atoms with Gasteiger partial charge in [0.25, 0.3) is 5.69 Å². The van der Waals surface area contributed by atoms with E-state index in [9.17, 15) is 14.9 Å². The molecule has 0 aliphatic carbocycles. The van der Waals surface area contributed by atoms with E-state index in [2.05, 4.69) is 4.98 Å². The van der Waals surface area contributed by atoms with Gasteiger partial charge in [0.1, 0.15) is 11.6 Å². The molecule has 2 heterocycles. The molecule has 6 nitrogen and oxygen atoms in total. The number of carbonyl (C=O) groups is 1. The van der Waals surface area contributed by atoms with Gasteiger partial charge in [-0.15, -0.1) is 0 Å². The lowest BCUT2D eigenvalue weighted by atomic mass is 10.1. The number of aromatic nitrogens is 1. The minimum Gasteiger partial charge on any atom is -0.457 e. The normalized spacial score (nSPS) is 12.9. The van der Waals surface area contributed by atoms with Gasteiger partial charge in [-0.1, -0.05) is 23.4 Å². The molecule has 0 saturated carbocycles. The number of halogens is 1. The zero-order valence-electron chi connectivity index (χ0n) is 10.4. The Hall–Kier alpha value is -2.12. The van der Waals surface area contributed by atoms with Crippen molar-refractivity contribution < 1.29 is 14.5 Å². The Labute approximate surface area is 128 Å². The van der Waals surface area contributed by atoms with Gasteiger partial charge in [-0.05, 0) is 18.2 Å². The lowest BCUT2D eigenvalue weighted by Gasteiger charge is -2.04. The first kappa shape index (κ1) is 13.8. The van der Waals surface area contributed by atoms with E-state index in [4.69, 9.17) is 16.3 Å². The Balaban J connectivity index is 2.04. The van der Waals surface area contributed by atoms with E-state index in [0.717, 1.165) is 11.8 Å². The standard InChI is InChI=1S/C13H7ClN2O4S/c14-8-1-2-12(15-5-8)21-11-4-9-7(6-20-13(9)17)3-10(11)16(18)19/h1-5H,6H2. The summed E-state index contributed by atoms with van der Waals surface area (Å²) in [5, 5.41) is 12.2. The Morgan fingerprint density at radius 3 is 2.86 bits per heavy atom. The molecule has 0 atom stereocenters. The maximum Gasteiger partial charge on any atom is 0.338 e. The molecule has 106 valence electrons. The van der Waals surface area contributed by atoms with Gasteiger partial charge in [-0.25, -0.2) is 9.78 Å². The van der Waals surface area contributed by atoms with Crippen LogP contribution in [0.25, 0.3) is 0 Å². The van der Waals surface area contributed by atoms with E-state index >= 15 is 0 Å². The highest BCUT2D eigenvalue weighted by Gasteiger charge is 2.27. The number of fused-ring (bicyclic) bond motifs is 1. The van der Waals surface area contributed by atoms with E-state index < -0.39 is 10.9 Å². The molecule has 8 heteroatoms. The average molecular weight is 323 g/mol. The Morgan fingerprint density at radius 2 is 2.19 bits per heavy atom. The third kappa shape index (κ3) is 2.70. The molecule has 0 saturated heterocycles. The monoisotopic (exact) mass is 322 g/mol. The Morgan fingerprint density at radius 1 is 1.38 bits per heavy atom. The van der Waals surface area contributed by atoms with Crippen LogP contribution >= 0.6 is 23.4 Å². The second-order valence-corrected chi connectivity index (χ2v) is 5.73. The second kappa shape index (κ2) is 5.34. The number of pyridine rings is 1. The predicted octanol–water partition coefficient (Wildman–Crippen LogP) is 3.46. The predicted molar refractivity (Wildman–Crippen MR) is 75.6 cm³/mol. The van der Waals surface area contributed by atoms with Crippen LogP contribution in [0.5, 0.6) is 0 Å². The van der Waals surface area contributed by atoms with Crippen molar-refractivity contribution >= 4 is 35.0 Å². The lowest BCUT2D eigenvalue weighted by Crippen LogP contribution is -1.97. The van der Waals surface area contributed by atoms with Crippen LogP contribution in [0.1, 0.15) is 15.9 Å². The van der Waals surface area contributed by atoms with Gasteiger partial charge < -0.3 is 4.74 Å². The van der Waals surface area contributed by atoms with Crippen LogP contribution in [-0.4, -0.2) is 15.9 Å². The van der Waals surface area contributed by atoms with Gasteiger partial charge >= 0.3 is 5.97 Å². The topological polar surface area (TPSA) is 82.3 Å². The van der Waals surface area contributed by atoms with E-state index in [1.807, 2.05) is 0 Å². The zero-order chi connectivity index (χ0) is 15.0. The highest BCUT2D eigenvalue weighted by Crippen LogP contribution is 2.38. The maximum absolute atomic E-state index is 11.6. The number of nitro groups is 1. The summed E-state index contributed by atoms with van der Waals surface area (Å²) in [6, 6.07) is 6.15. The van der Waals surface area contributed by atoms with Gasteiger partial charge in [-0.3, -0.25) is 10.1 Å². The van der Waals surface area contributed by atoms with Crippen LogP contribution in [0.2, 0.25) is 5.02 Å². The largest absolute Gasteiger partial charge is 0.457 e. The lowest BCUT2D eigenvalue weighted by molar-refractivity contribution is -0.387. The number of hydrogen-bond donors (Lipinski definition) is 0. The molecule has 1 aromatic carbocycles. The summed E-state index contributed by atoms with van der Waals surface area (Å²) in [4.78, 5) is 26.7. The molecule has 3 rings (SSSR count). The SMILES string of the molecule is O=C1OCc2cc([N+](=O)[O-])c(Sc3ccc(Cl)cn3)cc21. The van der Waals surface area contributed by atoms with Crippen molar-refractivity contribution in [1.82, 2.24) is 4.98 Å². The first-order valence-electron chi connectivity index (χ1n) is 5.82. The third-order valence-electron chi connectivity index (χ3n) is 2.87. The summed E-state index contributed by atoms with van der Waals surface area (Å²) in [5.41, 5.74) is 0.811. The van der Waals surface area contributed by atoms with Crippen molar-refractivity contribution in [1.29, 1.82) is 0 Å². The molecule has 0 bridgehead atoms. The number of benzene rings is 1. The van der Waals surface area contributed by atoms with Crippen LogP contribution in [-0.2, 0) is 11.3 Å².